The monoisotopic (exact) mass is 257 g/mol. The minimum atomic E-state index is -0.889. The average molecular weight is 257 g/mol. The Hall–Kier alpha value is -0.650. The fourth-order valence-electron chi connectivity index (χ4n) is 2.45. The van der Waals surface area contributed by atoms with Crippen molar-refractivity contribution in [3.8, 4) is 0 Å². The van der Waals surface area contributed by atoms with Gasteiger partial charge >= 0.3 is 0 Å². The molecular formula is C13H27N3O2. The molecule has 3 unspecified atom stereocenters. The van der Waals surface area contributed by atoms with E-state index in [1.807, 2.05) is 19.0 Å². The molecule has 1 amide bonds. The highest BCUT2D eigenvalue weighted by atomic mass is 16.3. The second kappa shape index (κ2) is 6.50. The molecule has 5 heteroatoms. The van der Waals surface area contributed by atoms with Crippen molar-refractivity contribution in [2.45, 2.75) is 38.3 Å². The maximum Gasteiger partial charge on any atom is 0.237 e. The Kier molecular flexibility index (Phi) is 5.56. The molecule has 0 aromatic rings. The summed E-state index contributed by atoms with van der Waals surface area (Å²) in [5.74, 6) is 0.588. The topological polar surface area (TPSA) is 64.6 Å². The van der Waals surface area contributed by atoms with Gasteiger partial charge < -0.3 is 20.6 Å². The highest BCUT2D eigenvalue weighted by Crippen LogP contribution is 2.15. The van der Waals surface area contributed by atoms with Crippen LogP contribution in [-0.4, -0.2) is 61.3 Å². The van der Waals surface area contributed by atoms with E-state index in [1.165, 1.54) is 0 Å². The lowest BCUT2D eigenvalue weighted by Crippen LogP contribution is -2.53. The van der Waals surface area contributed by atoms with Gasteiger partial charge in [0.1, 0.15) is 0 Å². The van der Waals surface area contributed by atoms with Crippen LogP contribution in [0, 0.1) is 5.92 Å². The number of nitrogens with zero attached hydrogens (tertiary/aromatic N) is 1. The fraction of sp³-hybridized carbons (Fsp3) is 0.923. The number of carbonyl (C=O) groups excluding carboxylic acids is 1. The molecule has 3 N–H and O–H groups in total. The number of hydrogen-bond donors (Lipinski definition) is 3. The van der Waals surface area contributed by atoms with Gasteiger partial charge in [-0.05, 0) is 46.3 Å². The van der Waals surface area contributed by atoms with E-state index in [0.29, 0.717) is 12.5 Å². The zero-order valence-electron chi connectivity index (χ0n) is 12.0. The van der Waals surface area contributed by atoms with Gasteiger partial charge in [0.05, 0.1) is 11.6 Å². The van der Waals surface area contributed by atoms with E-state index in [1.54, 1.807) is 6.92 Å². The summed E-state index contributed by atoms with van der Waals surface area (Å²) in [6.45, 7) is 5.62. The van der Waals surface area contributed by atoms with Crippen LogP contribution in [0.1, 0.15) is 26.7 Å². The molecule has 18 heavy (non-hydrogen) atoms. The first-order chi connectivity index (χ1) is 8.30. The molecule has 1 saturated heterocycles. The molecule has 1 heterocycles. The summed E-state index contributed by atoms with van der Waals surface area (Å²) in [5.41, 5.74) is -0.889. The van der Waals surface area contributed by atoms with Crippen LogP contribution >= 0.6 is 0 Å². The summed E-state index contributed by atoms with van der Waals surface area (Å²) in [6.07, 6.45) is 2.00. The molecule has 0 saturated carbocycles. The highest BCUT2D eigenvalue weighted by molar-refractivity contribution is 5.81. The molecule has 106 valence electrons. The van der Waals surface area contributed by atoms with Crippen LogP contribution in [0.2, 0.25) is 0 Å². The number of nitrogens with one attached hydrogen (secondary N) is 2. The molecule has 0 aliphatic carbocycles. The van der Waals surface area contributed by atoms with Crippen molar-refractivity contribution < 1.29 is 9.90 Å². The quantitative estimate of drug-likeness (QED) is 0.638. The second-order valence-corrected chi connectivity index (χ2v) is 6.09. The van der Waals surface area contributed by atoms with Gasteiger partial charge in [0.2, 0.25) is 5.91 Å². The van der Waals surface area contributed by atoms with Crippen LogP contribution in [0.15, 0.2) is 0 Å². The van der Waals surface area contributed by atoms with Crippen LogP contribution in [0.25, 0.3) is 0 Å². The third-order valence-electron chi connectivity index (χ3n) is 3.28. The molecule has 0 aromatic heterocycles. The standard InChI is InChI=1S/C13H27N3O2/c1-10-5-6-14-11(7-10)12(17)15-8-13(2,18)9-16(3)4/h10-11,14,18H,5-9H2,1-4H3,(H,15,17). The number of likely N-dealkylation sites (N-methyl/N-ethyl adjacent to an activating group) is 1. The molecule has 1 rings (SSSR count). The maximum absolute atomic E-state index is 12.0. The average Bonchev–Trinajstić information content (AvgIpc) is 2.24. The van der Waals surface area contributed by atoms with Crippen LogP contribution in [0.3, 0.4) is 0 Å². The number of amides is 1. The molecule has 1 aliphatic heterocycles. The molecule has 3 atom stereocenters. The minimum Gasteiger partial charge on any atom is -0.387 e. The summed E-state index contributed by atoms with van der Waals surface area (Å²) in [4.78, 5) is 13.9. The number of aliphatic hydroxyl groups is 1. The minimum absolute atomic E-state index is 0.000538. The third-order valence-corrected chi connectivity index (χ3v) is 3.28. The first kappa shape index (κ1) is 15.4. The summed E-state index contributed by atoms with van der Waals surface area (Å²) in [5, 5.41) is 16.2. The van der Waals surface area contributed by atoms with Gasteiger partial charge in [-0.2, -0.15) is 0 Å². The van der Waals surface area contributed by atoms with E-state index in [9.17, 15) is 9.90 Å². The van der Waals surface area contributed by atoms with Crippen molar-refractivity contribution in [1.29, 1.82) is 0 Å². The molecule has 1 aliphatic rings. The normalized spacial score (nSPS) is 27.9. The predicted molar refractivity (Wildman–Crippen MR) is 72.4 cm³/mol. The molecule has 0 spiro atoms. The fourth-order valence-corrected chi connectivity index (χ4v) is 2.45. The lowest BCUT2D eigenvalue weighted by Gasteiger charge is -2.30. The van der Waals surface area contributed by atoms with E-state index >= 15 is 0 Å². The van der Waals surface area contributed by atoms with E-state index in [2.05, 4.69) is 17.6 Å². The largest absolute Gasteiger partial charge is 0.387 e. The van der Waals surface area contributed by atoms with Crippen LogP contribution in [0.4, 0.5) is 0 Å². The molecular weight excluding hydrogens is 230 g/mol. The predicted octanol–water partition coefficient (Wildman–Crippen LogP) is -0.197. The Morgan fingerprint density at radius 2 is 2.22 bits per heavy atom. The molecule has 1 fully saturated rings. The maximum atomic E-state index is 12.0. The van der Waals surface area contributed by atoms with Crippen LogP contribution in [0.5, 0.6) is 0 Å². The Bertz CT molecular complexity index is 279. The van der Waals surface area contributed by atoms with Crippen molar-refractivity contribution in [3.05, 3.63) is 0 Å². The number of piperidine rings is 1. The van der Waals surface area contributed by atoms with E-state index < -0.39 is 5.60 Å². The Morgan fingerprint density at radius 3 is 2.78 bits per heavy atom. The van der Waals surface area contributed by atoms with Gasteiger partial charge in [0.15, 0.2) is 0 Å². The highest BCUT2D eigenvalue weighted by Gasteiger charge is 2.27. The lowest BCUT2D eigenvalue weighted by atomic mass is 9.94. The lowest BCUT2D eigenvalue weighted by molar-refractivity contribution is -0.125. The van der Waals surface area contributed by atoms with Gasteiger partial charge in [0.25, 0.3) is 0 Å². The van der Waals surface area contributed by atoms with Crippen molar-refractivity contribution in [1.82, 2.24) is 15.5 Å². The van der Waals surface area contributed by atoms with Crippen molar-refractivity contribution >= 4 is 5.91 Å². The number of rotatable bonds is 5. The van der Waals surface area contributed by atoms with Gasteiger partial charge in [-0.25, -0.2) is 0 Å². The zero-order chi connectivity index (χ0) is 13.8. The van der Waals surface area contributed by atoms with E-state index in [0.717, 1.165) is 19.4 Å². The van der Waals surface area contributed by atoms with Crippen LogP contribution < -0.4 is 10.6 Å². The smallest absolute Gasteiger partial charge is 0.237 e. The van der Waals surface area contributed by atoms with Gasteiger partial charge in [0, 0.05) is 13.1 Å². The van der Waals surface area contributed by atoms with Crippen molar-refractivity contribution in [2.75, 3.05) is 33.7 Å². The Morgan fingerprint density at radius 1 is 1.56 bits per heavy atom. The summed E-state index contributed by atoms with van der Waals surface area (Å²) in [7, 11) is 3.81. The number of hydrogen-bond acceptors (Lipinski definition) is 4. The van der Waals surface area contributed by atoms with Gasteiger partial charge in [-0.3, -0.25) is 4.79 Å². The van der Waals surface area contributed by atoms with Crippen LogP contribution in [-0.2, 0) is 4.79 Å². The first-order valence-corrected chi connectivity index (χ1v) is 6.68. The van der Waals surface area contributed by atoms with E-state index in [-0.39, 0.29) is 18.5 Å². The Labute approximate surface area is 110 Å². The third kappa shape index (κ3) is 5.33. The van der Waals surface area contributed by atoms with Gasteiger partial charge in [-0.15, -0.1) is 0 Å². The summed E-state index contributed by atoms with van der Waals surface area (Å²) < 4.78 is 0. The first-order valence-electron chi connectivity index (χ1n) is 6.68. The van der Waals surface area contributed by atoms with Gasteiger partial charge in [-0.1, -0.05) is 6.92 Å². The van der Waals surface area contributed by atoms with Crippen molar-refractivity contribution in [2.24, 2.45) is 5.92 Å². The SMILES string of the molecule is CC1CCNC(C(=O)NCC(C)(O)CN(C)C)C1. The summed E-state index contributed by atoms with van der Waals surface area (Å²) >= 11 is 0. The molecule has 0 bridgehead atoms. The second-order valence-electron chi connectivity index (χ2n) is 6.09. The zero-order valence-corrected chi connectivity index (χ0v) is 12.0. The van der Waals surface area contributed by atoms with Crippen molar-refractivity contribution in [3.63, 3.8) is 0 Å². The van der Waals surface area contributed by atoms with E-state index in [4.69, 9.17) is 0 Å². The Balaban J connectivity index is 2.36. The number of carbonyl (C=O) groups is 1. The molecule has 5 nitrogen and oxygen atoms in total. The molecule has 0 radical (unpaired) electrons. The molecule has 0 aromatic carbocycles. The summed E-state index contributed by atoms with van der Waals surface area (Å²) in [6, 6.07) is -0.107.